The van der Waals surface area contributed by atoms with Crippen molar-refractivity contribution < 1.29 is 0 Å². The van der Waals surface area contributed by atoms with Crippen LogP contribution in [0.15, 0.2) is 18.2 Å². The molecule has 2 rings (SSSR count). The van der Waals surface area contributed by atoms with Crippen molar-refractivity contribution in [1.82, 2.24) is 0 Å². The van der Waals surface area contributed by atoms with Crippen molar-refractivity contribution >= 4 is 11.6 Å². The summed E-state index contributed by atoms with van der Waals surface area (Å²) in [6.45, 7) is 3.10. The number of aryl methyl sites for hydroxylation is 1. The lowest BCUT2D eigenvalue weighted by Gasteiger charge is -2.27. The van der Waals surface area contributed by atoms with Crippen molar-refractivity contribution in [3.8, 4) is 0 Å². The van der Waals surface area contributed by atoms with E-state index in [1.807, 2.05) is 0 Å². The zero-order chi connectivity index (χ0) is 13.0. The summed E-state index contributed by atoms with van der Waals surface area (Å²) in [5.74, 6) is 1.57. The second-order valence-electron chi connectivity index (χ2n) is 5.70. The van der Waals surface area contributed by atoms with E-state index >= 15 is 0 Å². The van der Waals surface area contributed by atoms with Gasteiger partial charge >= 0.3 is 0 Å². The van der Waals surface area contributed by atoms with Crippen LogP contribution in [-0.4, -0.2) is 6.54 Å². The predicted molar refractivity (Wildman–Crippen MR) is 79.2 cm³/mol. The molecule has 2 N–H and O–H groups in total. The molecule has 18 heavy (non-hydrogen) atoms. The Morgan fingerprint density at radius 2 is 1.94 bits per heavy atom. The van der Waals surface area contributed by atoms with Crippen molar-refractivity contribution in [3.63, 3.8) is 0 Å². The summed E-state index contributed by atoms with van der Waals surface area (Å²) in [5, 5.41) is 0.962. The van der Waals surface area contributed by atoms with Gasteiger partial charge in [0, 0.05) is 5.02 Å². The fourth-order valence-electron chi connectivity index (χ4n) is 2.93. The van der Waals surface area contributed by atoms with E-state index in [-0.39, 0.29) is 0 Å². The van der Waals surface area contributed by atoms with E-state index in [4.69, 9.17) is 17.3 Å². The first-order valence-corrected chi connectivity index (χ1v) is 7.57. The monoisotopic (exact) mass is 265 g/mol. The molecule has 0 aromatic heterocycles. The Morgan fingerprint density at radius 3 is 2.56 bits per heavy atom. The van der Waals surface area contributed by atoms with Gasteiger partial charge in [0.15, 0.2) is 0 Å². The molecule has 0 bridgehead atoms. The van der Waals surface area contributed by atoms with Crippen molar-refractivity contribution in [1.29, 1.82) is 0 Å². The molecule has 0 atom stereocenters. The number of rotatable bonds is 4. The van der Waals surface area contributed by atoms with Crippen LogP contribution >= 0.6 is 11.6 Å². The second-order valence-corrected chi connectivity index (χ2v) is 6.11. The van der Waals surface area contributed by atoms with E-state index in [0.717, 1.165) is 30.3 Å². The SMILES string of the molecule is CC1CCC(c2ccc(CCCN)cc2Cl)CC1. The summed E-state index contributed by atoms with van der Waals surface area (Å²) in [6, 6.07) is 6.62. The van der Waals surface area contributed by atoms with Gasteiger partial charge in [0.25, 0.3) is 0 Å². The van der Waals surface area contributed by atoms with Gasteiger partial charge in [-0.3, -0.25) is 0 Å². The van der Waals surface area contributed by atoms with Crippen LogP contribution in [-0.2, 0) is 6.42 Å². The Hall–Kier alpha value is -0.530. The normalized spacial score (nSPS) is 24.2. The highest BCUT2D eigenvalue weighted by atomic mass is 35.5. The van der Waals surface area contributed by atoms with E-state index in [9.17, 15) is 0 Å². The lowest BCUT2D eigenvalue weighted by atomic mass is 9.79. The fourth-order valence-corrected chi connectivity index (χ4v) is 3.29. The van der Waals surface area contributed by atoms with Crippen LogP contribution in [0.4, 0.5) is 0 Å². The van der Waals surface area contributed by atoms with E-state index in [1.165, 1.54) is 36.8 Å². The zero-order valence-corrected chi connectivity index (χ0v) is 12.0. The predicted octanol–water partition coefficient (Wildman–Crippen LogP) is 4.53. The quantitative estimate of drug-likeness (QED) is 0.851. The third-order valence-electron chi connectivity index (χ3n) is 4.19. The van der Waals surface area contributed by atoms with Gasteiger partial charge in [0.05, 0.1) is 0 Å². The van der Waals surface area contributed by atoms with Crippen LogP contribution in [0.25, 0.3) is 0 Å². The lowest BCUT2D eigenvalue weighted by Crippen LogP contribution is -2.11. The highest BCUT2D eigenvalue weighted by molar-refractivity contribution is 6.31. The van der Waals surface area contributed by atoms with Gasteiger partial charge in [-0.2, -0.15) is 0 Å². The average Bonchev–Trinajstić information content (AvgIpc) is 2.38. The van der Waals surface area contributed by atoms with Crippen LogP contribution in [0.3, 0.4) is 0 Å². The van der Waals surface area contributed by atoms with Crippen LogP contribution < -0.4 is 5.73 Å². The van der Waals surface area contributed by atoms with Gasteiger partial charge in [-0.05, 0) is 61.3 Å². The molecule has 1 nitrogen and oxygen atoms in total. The van der Waals surface area contributed by atoms with Crippen molar-refractivity contribution in [2.45, 2.75) is 51.4 Å². The van der Waals surface area contributed by atoms with Crippen molar-refractivity contribution in [3.05, 3.63) is 34.3 Å². The van der Waals surface area contributed by atoms with Crippen LogP contribution in [0.1, 0.15) is 56.1 Å². The number of benzene rings is 1. The molecule has 0 radical (unpaired) electrons. The Balaban J connectivity index is 2.05. The van der Waals surface area contributed by atoms with Gasteiger partial charge in [-0.25, -0.2) is 0 Å². The third-order valence-corrected chi connectivity index (χ3v) is 4.52. The first-order valence-electron chi connectivity index (χ1n) is 7.19. The molecular formula is C16H24ClN. The van der Waals surface area contributed by atoms with Gasteiger partial charge in [-0.1, -0.05) is 43.5 Å². The molecule has 0 unspecified atom stereocenters. The summed E-state index contributed by atoms with van der Waals surface area (Å²) in [7, 11) is 0. The molecular weight excluding hydrogens is 242 g/mol. The molecule has 1 aromatic carbocycles. The van der Waals surface area contributed by atoms with E-state index < -0.39 is 0 Å². The molecule has 1 fully saturated rings. The minimum atomic E-state index is 0.678. The Kier molecular flexibility index (Phi) is 5.08. The van der Waals surface area contributed by atoms with Crippen LogP contribution in [0.5, 0.6) is 0 Å². The summed E-state index contributed by atoms with van der Waals surface area (Å²) in [4.78, 5) is 0. The first-order chi connectivity index (χ1) is 8.70. The minimum Gasteiger partial charge on any atom is -0.330 e. The van der Waals surface area contributed by atoms with Crippen LogP contribution in [0.2, 0.25) is 5.02 Å². The molecule has 1 aliphatic rings. The number of hydrogen-bond donors (Lipinski definition) is 1. The smallest absolute Gasteiger partial charge is 0.0443 e. The maximum Gasteiger partial charge on any atom is 0.0443 e. The highest BCUT2D eigenvalue weighted by Gasteiger charge is 2.21. The standard InChI is InChI=1S/C16H24ClN/c1-12-4-7-14(8-5-12)15-9-6-13(3-2-10-18)11-16(15)17/h6,9,11-12,14H,2-5,7-8,10,18H2,1H3. The van der Waals surface area contributed by atoms with Gasteiger partial charge in [-0.15, -0.1) is 0 Å². The molecule has 0 saturated heterocycles. The summed E-state index contributed by atoms with van der Waals surface area (Å²) >= 11 is 6.45. The molecule has 1 aromatic rings. The Morgan fingerprint density at radius 1 is 1.22 bits per heavy atom. The fraction of sp³-hybridized carbons (Fsp3) is 0.625. The zero-order valence-electron chi connectivity index (χ0n) is 11.3. The van der Waals surface area contributed by atoms with Gasteiger partial charge in [0.2, 0.25) is 0 Å². The van der Waals surface area contributed by atoms with E-state index in [1.54, 1.807) is 0 Å². The van der Waals surface area contributed by atoms with Crippen LogP contribution in [0, 0.1) is 5.92 Å². The topological polar surface area (TPSA) is 26.0 Å². The second kappa shape index (κ2) is 6.58. The molecule has 0 spiro atoms. The maximum absolute atomic E-state index is 6.45. The van der Waals surface area contributed by atoms with Gasteiger partial charge < -0.3 is 5.73 Å². The average molecular weight is 266 g/mol. The molecule has 0 aliphatic heterocycles. The first kappa shape index (κ1) is 13.9. The maximum atomic E-state index is 6.45. The molecule has 0 amide bonds. The van der Waals surface area contributed by atoms with Crippen molar-refractivity contribution in [2.24, 2.45) is 11.7 Å². The third kappa shape index (κ3) is 3.49. The number of halogens is 1. The Labute approximate surface area is 116 Å². The molecule has 1 saturated carbocycles. The number of nitrogens with two attached hydrogens (primary N) is 1. The molecule has 2 heteroatoms. The number of hydrogen-bond acceptors (Lipinski definition) is 1. The van der Waals surface area contributed by atoms with E-state index in [2.05, 4.69) is 25.1 Å². The largest absolute Gasteiger partial charge is 0.330 e. The van der Waals surface area contributed by atoms with Crippen molar-refractivity contribution in [2.75, 3.05) is 6.54 Å². The summed E-state index contributed by atoms with van der Waals surface area (Å²) < 4.78 is 0. The summed E-state index contributed by atoms with van der Waals surface area (Å²) in [6.07, 6.45) is 7.35. The molecule has 1 aliphatic carbocycles. The minimum absolute atomic E-state index is 0.678. The lowest BCUT2D eigenvalue weighted by molar-refractivity contribution is 0.348. The van der Waals surface area contributed by atoms with Gasteiger partial charge in [0.1, 0.15) is 0 Å². The van der Waals surface area contributed by atoms with E-state index in [0.29, 0.717) is 5.92 Å². The highest BCUT2D eigenvalue weighted by Crippen LogP contribution is 2.38. The molecule has 100 valence electrons. The molecule has 0 heterocycles. The summed E-state index contributed by atoms with van der Waals surface area (Å²) in [5.41, 5.74) is 8.22. The Bertz CT molecular complexity index is 381.